The van der Waals surface area contributed by atoms with E-state index in [2.05, 4.69) is 43.7 Å². The first-order valence-electron chi connectivity index (χ1n) is 10.8. The number of fused-ring (bicyclic) bond motifs is 1. The van der Waals surface area contributed by atoms with E-state index in [1.54, 1.807) is 12.1 Å². The molecule has 5 nitrogen and oxygen atoms in total. The zero-order chi connectivity index (χ0) is 21.8. The van der Waals surface area contributed by atoms with Gasteiger partial charge >= 0.3 is 0 Å². The molecule has 2 amide bonds. The summed E-state index contributed by atoms with van der Waals surface area (Å²) < 4.78 is 2.07. The molecule has 3 aromatic rings. The summed E-state index contributed by atoms with van der Waals surface area (Å²) in [5, 5.41) is 0. The number of hydrogen-bond acceptors (Lipinski definition) is 3. The van der Waals surface area contributed by atoms with Gasteiger partial charge in [0.2, 0.25) is 0 Å². The van der Waals surface area contributed by atoms with Gasteiger partial charge in [0.05, 0.1) is 23.1 Å². The van der Waals surface area contributed by atoms with Crippen LogP contribution in [0, 0.1) is 11.3 Å². The summed E-state index contributed by atoms with van der Waals surface area (Å²) in [6, 6.07) is 17.3. The summed E-state index contributed by atoms with van der Waals surface area (Å²) in [6.07, 6.45) is 6.03. The Bertz CT molecular complexity index is 1130. The van der Waals surface area contributed by atoms with Gasteiger partial charge in [-0.1, -0.05) is 51.1 Å². The van der Waals surface area contributed by atoms with Crippen molar-refractivity contribution in [1.29, 1.82) is 0 Å². The fourth-order valence-corrected chi connectivity index (χ4v) is 4.97. The molecule has 0 N–H and O–H groups in total. The van der Waals surface area contributed by atoms with Gasteiger partial charge in [-0.05, 0) is 48.4 Å². The topological polar surface area (TPSA) is 55.2 Å². The highest BCUT2D eigenvalue weighted by Gasteiger charge is 2.54. The number of benzene rings is 2. The molecule has 1 aliphatic carbocycles. The van der Waals surface area contributed by atoms with E-state index < -0.39 is 0 Å². The molecule has 158 valence electrons. The first-order valence-corrected chi connectivity index (χ1v) is 10.8. The number of imidazole rings is 1. The van der Waals surface area contributed by atoms with Crippen molar-refractivity contribution in [3.63, 3.8) is 0 Å². The standard InChI is InChI=1S/C26H27N3O2/c1-25(2,16-29-23(30)20-11-7-8-12-21(20)24(29)31)13-18-14-26(18,3)22-15-28(17-27-22)19-9-5-4-6-10-19/h4-12,15,17-18H,13-14,16H2,1-3H3. The monoisotopic (exact) mass is 413 g/mol. The molecule has 1 fully saturated rings. The lowest BCUT2D eigenvalue weighted by molar-refractivity contribution is 0.0578. The number of hydrogen-bond donors (Lipinski definition) is 0. The molecule has 2 atom stereocenters. The maximum atomic E-state index is 12.8. The number of carbonyl (C=O) groups excluding carboxylic acids is 2. The Hall–Kier alpha value is -3.21. The van der Waals surface area contributed by atoms with Gasteiger partial charge in [-0.15, -0.1) is 0 Å². The second kappa shape index (κ2) is 6.91. The molecule has 0 saturated heterocycles. The number of para-hydroxylation sites is 1. The molecule has 0 radical (unpaired) electrons. The van der Waals surface area contributed by atoms with Crippen molar-refractivity contribution in [2.45, 2.75) is 39.0 Å². The van der Waals surface area contributed by atoms with Gasteiger partial charge in [-0.25, -0.2) is 4.98 Å². The predicted molar refractivity (Wildman–Crippen MR) is 119 cm³/mol. The molecule has 2 heterocycles. The van der Waals surface area contributed by atoms with E-state index in [0.717, 1.165) is 24.2 Å². The maximum Gasteiger partial charge on any atom is 0.261 e. The van der Waals surface area contributed by atoms with E-state index >= 15 is 0 Å². The maximum absolute atomic E-state index is 12.8. The van der Waals surface area contributed by atoms with E-state index in [4.69, 9.17) is 4.98 Å². The van der Waals surface area contributed by atoms with Crippen molar-refractivity contribution in [2.24, 2.45) is 11.3 Å². The van der Waals surface area contributed by atoms with E-state index in [1.165, 1.54) is 4.90 Å². The lowest BCUT2D eigenvalue weighted by Crippen LogP contribution is -2.38. The van der Waals surface area contributed by atoms with Crippen LogP contribution in [0.1, 0.15) is 60.0 Å². The Morgan fingerprint density at radius 2 is 1.61 bits per heavy atom. The minimum absolute atomic E-state index is 0.0410. The summed E-state index contributed by atoms with van der Waals surface area (Å²) in [7, 11) is 0. The van der Waals surface area contributed by atoms with Gasteiger partial charge in [0.15, 0.2) is 0 Å². The van der Waals surface area contributed by atoms with E-state index in [9.17, 15) is 9.59 Å². The molecule has 2 unspecified atom stereocenters. The molecule has 0 bridgehead atoms. The summed E-state index contributed by atoms with van der Waals surface area (Å²) in [5.74, 6) is 0.138. The van der Waals surface area contributed by atoms with Gasteiger partial charge in [-0.3, -0.25) is 14.5 Å². The number of imide groups is 1. The molecule has 1 aliphatic heterocycles. The Labute approximate surface area is 182 Å². The summed E-state index contributed by atoms with van der Waals surface area (Å²) in [6.45, 7) is 7.01. The minimum atomic E-state index is -0.172. The number of rotatable bonds is 6. The van der Waals surface area contributed by atoms with Crippen LogP contribution < -0.4 is 0 Å². The molecule has 31 heavy (non-hydrogen) atoms. The fourth-order valence-electron chi connectivity index (χ4n) is 4.97. The van der Waals surface area contributed by atoms with Crippen LogP contribution in [0.5, 0.6) is 0 Å². The lowest BCUT2D eigenvalue weighted by Gasteiger charge is -2.30. The lowest BCUT2D eigenvalue weighted by atomic mass is 9.83. The zero-order valence-electron chi connectivity index (χ0n) is 18.2. The average molecular weight is 414 g/mol. The van der Waals surface area contributed by atoms with Gasteiger partial charge in [0, 0.05) is 23.8 Å². The fraction of sp³-hybridized carbons (Fsp3) is 0.346. The molecule has 5 rings (SSSR count). The molecular weight excluding hydrogens is 386 g/mol. The molecule has 1 aromatic heterocycles. The third-order valence-electron chi connectivity index (χ3n) is 6.90. The number of carbonyl (C=O) groups is 2. The summed E-state index contributed by atoms with van der Waals surface area (Å²) >= 11 is 0. The van der Waals surface area contributed by atoms with Crippen LogP contribution in [0.25, 0.3) is 5.69 Å². The third-order valence-corrected chi connectivity index (χ3v) is 6.90. The van der Waals surface area contributed by atoms with Crippen LogP contribution in [0.15, 0.2) is 67.1 Å². The smallest absolute Gasteiger partial charge is 0.261 e. The van der Waals surface area contributed by atoms with Gasteiger partial charge in [0.25, 0.3) is 11.8 Å². The largest absolute Gasteiger partial charge is 0.306 e. The Kier molecular flexibility index (Phi) is 4.40. The van der Waals surface area contributed by atoms with Crippen LogP contribution in [0.3, 0.4) is 0 Å². The van der Waals surface area contributed by atoms with Crippen molar-refractivity contribution in [1.82, 2.24) is 14.5 Å². The third kappa shape index (κ3) is 3.38. The highest BCUT2D eigenvalue weighted by molar-refractivity contribution is 6.21. The van der Waals surface area contributed by atoms with Crippen molar-refractivity contribution in [3.05, 3.63) is 83.9 Å². The van der Waals surface area contributed by atoms with Crippen LogP contribution >= 0.6 is 0 Å². The molecule has 2 aliphatic rings. The Morgan fingerprint density at radius 1 is 1.00 bits per heavy atom. The SMILES string of the molecule is CC(C)(CC1CC1(C)c1cn(-c2ccccc2)cn1)CN1C(=O)c2ccccc2C1=O. The Balaban J connectivity index is 1.27. The van der Waals surface area contributed by atoms with E-state index in [0.29, 0.717) is 23.6 Å². The van der Waals surface area contributed by atoms with Gasteiger partial charge in [0.1, 0.15) is 0 Å². The van der Waals surface area contributed by atoms with Crippen molar-refractivity contribution < 1.29 is 9.59 Å². The highest BCUT2D eigenvalue weighted by Crippen LogP contribution is 2.58. The quantitative estimate of drug-likeness (QED) is 0.542. The zero-order valence-corrected chi connectivity index (χ0v) is 18.2. The van der Waals surface area contributed by atoms with Gasteiger partial charge < -0.3 is 4.57 Å². The number of nitrogens with zero attached hydrogens (tertiary/aromatic N) is 3. The van der Waals surface area contributed by atoms with Crippen LogP contribution in [0.4, 0.5) is 0 Å². The van der Waals surface area contributed by atoms with E-state index in [1.807, 2.05) is 36.7 Å². The van der Waals surface area contributed by atoms with Crippen LogP contribution in [-0.4, -0.2) is 32.8 Å². The average Bonchev–Trinajstić information content (AvgIpc) is 3.11. The normalized spacial score (nSPS) is 22.7. The molecule has 2 aromatic carbocycles. The van der Waals surface area contributed by atoms with E-state index in [-0.39, 0.29) is 22.6 Å². The molecule has 0 spiro atoms. The molecular formula is C26H27N3O2. The number of amides is 2. The first-order chi connectivity index (χ1) is 14.8. The number of aromatic nitrogens is 2. The second-order valence-corrected chi connectivity index (χ2v) is 9.93. The molecule has 5 heteroatoms. The van der Waals surface area contributed by atoms with Crippen molar-refractivity contribution in [3.8, 4) is 5.69 Å². The van der Waals surface area contributed by atoms with Crippen molar-refractivity contribution in [2.75, 3.05) is 6.54 Å². The van der Waals surface area contributed by atoms with Crippen molar-refractivity contribution >= 4 is 11.8 Å². The van der Waals surface area contributed by atoms with Crippen LogP contribution in [-0.2, 0) is 5.41 Å². The van der Waals surface area contributed by atoms with Crippen LogP contribution in [0.2, 0.25) is 0 Å². The molecule has 1 saturated carbocycles. The predicted octanol–water partition coefficient (Wildman–Crippen LogP) is 4.86. The summed E-state index contributed by atoms with van der Waals surface area (Å²) in [5.41, 5.74) is 3.12. The Morgan fingerprint density at radius 3 is 2.26 bits per heavy atom. The highest BCUT2D eigenvalue weighted by atomic mass is 16.2. The van der Waals surface area contributed by atoms with Gasteiger partial charge in [-0.2, -0.15) is 0 Å². The first kappa shape index (κ1) is 19.7. The minimum Gasteiger partial charge on any atom is -0.306 e. The second-order valence-electron chi connectivity index (χ2n) is 9.93. The summed E-state index contributed by atoms with van der Waals surface area (Å²) in [4.78, 5) is 31.7.